The largest absolute Gasteiger partial charge is 0.469 e. The summed E-state index contributed by atoms with van der Waals surface area (Å²) in [6.07, 6.45) is 3.27. The lowest BCUT2D eigenvalue weighted by molar-refractivity contribution is -0.141. The Morgan fingerprint density at radius 2 is 1.38 bits per heavy atom. The molecule has 0 saturated carbocycles. The molecule has 0 heterocycles. The zero-order valence-electron chi connectivity index (χ0n) is 10.1. The molecule has 0 amide bonds. The van der Waals surface area contributed by atoms with Crippen molar-refractivity contribution in [3.05, 3.63) is 0 Å². The van der Waals surface area contributed by atoms with E-state index in [4.69, 9.17) is 0 Å². The Labute approximate surface area is 96.4 Å². The number of ketones is 2. The average molecular weight is 228 g/mol. The zero-order valence-corrected chi connectivity index (χ0v) is 10.1. The highest BCUT2D eigenvalue weighted by Crippen LogP contribution is 2.04. The summed E-state index contributed by atoms with van der Waals surface area (Å²) >= 11 is 0. The Morgan fingerprint density at radius 1 is 0.875 bits per heavy atom. The van der Waals surface area contributed by atoms with Gasteiger partial charge in [-0.3, -0.25) is 14.4 Å². The molecule has 0 atom stereocenters. The molecule has 0 aromatic carbocycles. The summed E-state index contributed by atoms with van der Waals surface area (Å²) in [6, 6.07) is 0. The van der Waals surface area contributed by atoms with Crippen LogP contribution in [0.1, 0.15) is 51.9 Å². The lowest BCUT2D eigenvalue weighted by Crippen LogP contribution is -2.07. The summed E-state index contributed by atoms with van der Waals surface area (Å²) < 4.78 is 4.42. The summed E-state index contributed by atoms with van der Waals surface area (Å²) in [6.45, 7) is 2.02. The number of esters is 1. The van der Waals surface area contributed by atoms with E-state index >= 15 is 0 Å². The van der Waals surface area contributed by atoms with Crippen molar-refractivity contribution >= 4 is 17.5 Å². The van der Waals surface area contributed by atoms with Crippen LogP contribution in [0.15, 0.2) is 0 Å². The number of hydrogen-bond donors (Lipinski definition) is 0. The van der Waals surface area contributed by atoms with E-state index in [1.54, 1.807) is 0 Å². The van der Waals surface area contributed by atoms with Crippen LogP contribution in [-0.2, 0) is 19.1 Å². The van der Waals surface area contributed by atoms with E-state index in [9.17, 15) is 14.4 Å². The van der Waals surface area contributed by atoms with E-state index in [1.807, 2.05) is 6.92 Å². The minimum atomic E-state index is -0.384. The fourth-order valence-corrected chi connectivity index (χ4v) is 1.25. The van der Waals surface area contributed by atoms with Crippen molar-refractivity contribution in [2.45, 2.75) is 51.9 Å². The summed E-state index contributed by atoms with van der Waals surface area (Å²) in [5.41, 5.74) is 0. The smallest absolute Gasteiger partial charge is 0.305 e. The van der Waals surface area contributed by atoms with Gasteiger partial charge in [-0.05, 0) is 6.42 Å². The first-order valence-corrected chi connectivity index (χ1v) is 5.70. The molecule has 0 aromatic rings. The van der Waals surface area contributed by atoms with Gasteiger partial charge in [0.2, 0.25) is 0 Å². The van der Waals surface area contributed by atoms with Crippen molar-refractivity contribution in [2.75, 3.05) is 7.11 Å². The van der Waals surface area contributed by atoms with Crippen LogP contribution in [0.4, 0.5) is 0 Å². The molecule has 0 bridgehead atoms. The third-order valence-electron chi connectivity index (χ3n) is 2.33. The molecule has 92 valence electrons. The van der Waals surface area contributed by atoms with E-state index in [1.165, 1.54) is 7.11 Å². The number of carbonyl (C=O) groups is 3. The first-order valence-electron chi connectivity index (χ1n) is 5.70. The Hall–Kier alpha value is -1.19. The van der Waals surface area contributed by atoms with Gasteiger partial charge in [0.25, 0.3) is 0 Å². The Morgan fingerprint density at radius 3 is 1.88 bits per heavy atom. The number of carbonyl (C=O) groups excluding carboxylic acids is 3. The van der Waals surface area contributed by atoms with Gasteiger partial charge in [0, 0.05) is 25.7 Å². The second-order valence-electron chi connectivity index (χ2n) is 3.76. The SMILES string of the molecule is CCCCC(=O)CCC(=O)CCC(=O)OC. The molecule has 0 aliphatic heterocycles. The molecule has 0 radical (unpaired) electrons. The number of Topliss-reactive ketones (excluding diaryl/α,β-unsaturated/α-hetero) is 2. The third kappa shape index (κ3) is 8.15. The van der Waals surface area contributed by atoms with Gasteiger partial charge in [0.1, 0.15) is 11.6 Å². The average Bonchev–Trinajstić information content (AvgIpc) is 2.30. The number of ether oxygens (including phenoxy) is 1. The molecular weight excluding hydrogens is 208 g/mol. The first-order chi connectivity index (χ1) is 7.60. The van der Waals surface area contributed by atoms with E-state index < -0.39 is 0 Å². The Kier molecular flexibility index (Phi) is 8.39. The highest BCUT2D eigenvalue weighted by Gasteiger charge is 2.09. The number of methoxy groups -OCH3 is 1. The molecule has 0 fully saturated rings. The normalized spacial score (nSPS) is 9.88. The van der Waals surface area contributed by atoms with Crippen molar-refractivity contribution < 1.29 is 19.1 Å². The minimum absolute atomic E-state index is 0.0461. The molecule has 0 aromatic heterocycles. The van der Waals surface area contributed by atoms with Crippen LogP contribution >= 0.6 is 0 Å². The maximum Gasteiger partial charge on any atom is 0.305 e. The monoisotopic (exact) mass is 228 g/mol. The van der Waals surface area contributed by atoms with Crippen molar-refractivity contribution in [3.63, 3.8) is 0 Å². The topological polar surface area (TPSA) is 60.4 Å². The highest BCUT2D eigenvalue weighted by atomic mass is 16.5. The summed E-state index contributed by atoms with van der Waals surface area (Å²) in [5, 5.41) is 0. The van der Waals surface area contributed by atoms with Crippen LogP contribution in [0.2, 0.25) is 0 Å². The maximum atomic E-state index is 11.3. The van der Waals surface area contributed by atoms with E-state index in [0.29, 0.717) is 12.8 Å². The molecule has 4 heteroatoms. The molecule has 4 nitrogen and oxygen atoms in total. The van der Waals surface area contributed by atoms with Gasteiger partial charge in [0.05, 0.1) is 13.5 Å². The molecular formula is C12H20O4. The van der Waals surface area contributed by atoms with Crippen LogP contribution in [0.25, 0.3) is 0 Å². The number of unbranched alkanes of at least 4 members (excludes halogenated alkanes) is 1. The van der Waals surface area contributed by atoms with E-state index in [0.717, 1.165) is 12.8 Å². The van der Waals surface area contributed by atoms with Gasteiger partial charge < -0.3 is 4.74 Å². The van der Waals surface area contributed by atoms with Crippen molar-refractivity contribution in [1.82, 2.24) is 0 Å². The van der Waals surface area contributed by atoms with Crippen LogP contribution in [0.5, 0.6) is 0 Å². The van der Waals surface area contributed by atoms with Gasteiger partial charge in [-0.15, -0.1) is 0 Å². The molecule has 0 aliphatic rings. The molecule has 0 saturated heterocycles. The van der Waals surface area contributed by atoms with Crippen LogP contribution in [-0.4, -0.2) is 24.6 Å². The van der Waals surface area contributed by atoms with Crippen LogP contribution < -0.4 is 0 Å². The molecule has 0 aliphatic carbocycles. The van der Waals surface area contributed by atoms with Crippen molar-refractivity contribution in [2.24, 2.45) is 0 Å². The highest BCUT2D eigenvalue weighted by molar-refractivity contribution is 5.87. The molecule has 16 heavy (non-hydrogen) atoms. The lowest BCUT2D eigenvalue weighted by atomic mass is 10.1. The third-order valence-corrected chi connectivity index (χ3v) is 2.33. The predicted octanol–water partition coefficient (Wildman–Crippen LogP) is 2.05. The maximum absolute atomic E-state index is 11.3. The fraction of sp³-hybridized carbons (Fsp3) is 0.750. The van der Waals surface area contributed by atoms with E-state index in [2.05, 4.69) is 4.74 Å². The molecule has 0 N–H and O–H groups in total. The van der Waals surface area contributed by atoms with Crippen LogP contribution in [0.3, 0.4) is 0 Å². The standard InChI is InChI=1S/C12H20O4/c1-3-4-5-10(13)6-7-11(14)8-9-12(15)16-2/h3-9H2,1-2H3. The zero-order chi connectivity index (χ0) is 12.4. The molecule has 0 spiro atoms. The van der Waals surface area contributed by atoms with Gasteiger partial charge in [-0.1, -0.05) is 13.3 Å². The number of hydrogen-bond acceptors (Lipinski definition) is 4. The predicted molar refractivity (Wildman–Crippen MR) is 60.0 cm³/mol. The second-order valence-corrected chi connectivity index (χ2v) is 3.76. The van der Waals surface area contributed by atoms with Gasteiger partial charge >= 0.3 is 5.97 Å². The Bertz CT molecular complexity index is 245. The molecule has 0 rings (SSSR count). The Balaban J connectivity index is 3.57. The van der Waals surface area contributed by atoms with Gasteiger partial charge in [-0.2, -0.15) is 0 Å². The summed E-state index contributed by atoms with van der Waals surface area (Å²) in [5.74, 6) is -0.297. The first kappa shape index (κ1) is 14.8. The lowest BCUT2D eigenvalue weighted by Gasteiger charge is -2.00. The van der Waals surface area contributed by atoms with Gasteiger partial charge in [-0.25, -0.2) is 0 Å². The summed E-state index contributed by atoms with van der Waals surface area (Å²) in [4.78, 5) is 33.3. The van der Waals surface area contributed by atoms with E-state index in [-0.39, 0.29) is 36.8 Å². The van der Waals surface area contributed by atoms with Crippen LogP contribution in [0, 0.1) is 0 Å². The van der Waals surface area contributed by atoms with Crippen molar-refractivity contribution in [1.29, 1.82) is 0 Å². The van der Waals surface area contributed by atoms with Gasteiger partial charge in [0.15, 0.2) is 0 Å². The minimum Gasteiger partial charge on any atom is -0.469 e. The molecule has 0 unspecified atom stereocenters. The fourth-order valence-electron chi connectivity index (χ4n) is 1.25. The summed E-state index contributed by atoms with van der Waals surface area (Å²) in [7, 11) is 1.29. The quantitative estimate of drug-likeness (QED) is 0.567. The van der Waals surface area contributed by atoms with Crippen molar-refractivity contribution in [3.8, 4) is 0 Å². The number of rotatable bonds is 9. The second kappa shape index (κ2) is 9.07.